The van der Waals surface area contributed by atoms with Gasteiger partial charge in [0.05, 0.1) is 16.5 Å². The summed E-state index contributed by atoms with van der Waals surface area (Å²) in [6, 6.07) is 26.8. The van der Waals surface area contributed by atoms with E-state index in [1.165, 1.54) is 12.3 Å². The number of hydrogen-bond donors (Lipinski definition) is 2. The van der Waals surface area contributed by atoms with Gasteiger partial charge in [0.1, 0.15) is 43.0 Å². The molecule has 2 aromatic heterocycles. The lowest BCUT2D eigenvalue weighted by atomic mass is 9.91. The van der Waals surface area contributed by atoms with E-state index < -0.39 is 41.0 Å². The topological polar surface area (TPSA) is 131 Å². The third-order valence-electron chi connectivity index (χ3n) is 12.9. The van der Waals surface area contributed by atoms with E-state index in [0.717, 1.165) is 30.5 Å². The number of urea groups is 1. The Balaban J connectivity index is 0.916. The van der Waals surface area contributed by atoms with Crippen LogP contribution in [0.1, 0.15) is 62.1 Å². The third kappa shape index (κ3) is 9.65. The van der Waals surface area contributed by atoms with Crippen molar-refractivity contribution < 1.29 is 37.0 Å². The number of alkyl halides is 1. The van der Waals surface area contributed by atoms with E-state index in [0.29, 0.717) is 67.2 Å². The smallest absolute Gasteiger partial charge is 0.410 e. The Morgan fingerprint density at radius 1 is 0.877 bits per heavy atom. The first-order valence-corrected chi connectivity index (χ1v) is 22.3. The molecule has 5 heterocycles. The first-order chi connectivity index (χ1) is 31.6. The van der Waals surface area contributed by atoms with Crippen molar-refractivity contribution in [2.45, 2.75) is 82.3 Å². The molecule has 12 nitrogen and oxygen atoms in total. The number of carbonyl (C=O) groups excluding carboxylic acids is 2. The molecule has 3 saturated heterocycles. The minimum Gasteiger partial charge on any atom is -0.472 e. The van der Waals surface area contributed by atoms with Crippen LogP contribution in [0.25, 0.3) is 32.9 Å². The van der Waals surface area contributed by atoms with Crippen LogP contribution >= 0.6 is 0 Å². The fraction of sp³-hybridized carbons (Fsp3) is 0.380. The van der Waals surface area contributed by atoms with Gasteiger partial charge in [0.25, 0.3) is 0 Å². The van der Waals surface area contributed by atoms with Crippen LogP contribution in [0, 0.1) is 11.6 Å². The van der Waals surface area contributed by atoms with Gasteiger partial charge in [-0.2, -0.15) is 9.97 Å². The number of piperidine rings is 1. The van der Waals surface area contributed by atoms with Gasteiger partial charge in [-0.15, -0.1) is 0 Å². The summed E-state index contributed by atoms with van der Waals surface area (Å²) in [6.07, 6.45) is 4.09. The lowest BCUT2D eigenvalue weighted by Gasteiger charge is -2.40. The number of likely N-dealkylation sites (tertiary alicyclic amines) is 1. The molecule has 3 aliphatic rings. The first kappa shape index (κ1) is 43.8. The average molecular weight is 888 g/mol. The molecule has 0 aliphatic carbocycles. The van der Waals surface area contributed by atoms with Gasteiger partial charge >= 0.3 is 18.1 Å². The van der Waals surface area contributed by atoms with Crippen molar-refractivity contribution in [3.05, 3.63) is 126 Å². The summed E-state index contributed by atoms with van der Waals surface area (Å²) < 4.78 is 65.6. The number of halogens is 3. The summed E-state index contributed by atoms with van der Waals surface area (Å²) in [7, 11) is 0. The van der Waals surface area contributed by atoms with Gasteiger partial charge in [0, 0.05) is 44.4 Å². The second kappa shape index (κ2) is 18.9. The van der Waals surface area contributed by atoms with Crippen molar-refractivity contribution in [3.63, 3.8) is 0 Å². The normalized spacial score (nSPS) is 20.7. The third-order valence-corrected chi connectivity index (χ3v) is 12.9. The van der Waals surface area contributed by atoms with Crippen molar-refractivity contribution >= 4 is 33.8 Å². The molecule has 2 N–H and O–H groups in total. The molecular weight excluding hydrogens is 836 g/mol. The summed E-state index contributed by atoms with van der Waals surface area (Å²) in [5, 5.41) is 7.33. The van der Waals surface area contributed by atoms with Crippen molar-refractivity contribution in [1.82, 2.24) is 35.4 Å². The van der Waals surface area contributed by atoms with Crippen molar-refractivity contribution in [1.29, 1.82) is 0 Å². The molecule has 9 rings (SSSR count). The number of fused-ring (bicyclic) bond motifs is 3. The summed E-state index contributed by atoms with van der Waals surface area (Å²) in [6.45, 7) is 4.52. The van der Waals surface area contributed by atoms with Crippen LogP contribution < -0.4 is 20.1 Å². The van der Waals surface area contributed by atoms with Crippen LogP contribution in [0.15, 0.2) is 97.2 Å². The summed E-state index contributed by atoms with van der Waals surface area (Å²) >= 11 is 0. The molecular formula is C50H52F3N7O5. The van der Waals surface area contributed by atoms with Gasteiger partial charge in [-0.25, -0.2) is 22.8 Å². The number of benzene rings is 4. The minimum absolute atomic E-state index is 0.0403. The van der Waals surface area contributed by atoms with Gasteiger partial charge in [-0.3, -0.25) is 9.88 Å². The lowest BCUT2D eigenvalue weighted by molar-refractivity contribution is 0.0707. The van der Waals surface area contributed by atoms with Crippen LogP contribution in [-0.4, -0.2) is 93.5 Å². The Hall–Kier alpha value is -6.48. The standard InChI is InChI=1S/C50H52F3N7O5/c1-49(21-10-24-59(31-49)48(62)64-30-34-14-6-3-7-15-34)58-46(61)54-23-9-18-37-40(52)20-19-35-16-8-17-38(41(35)37)43-42(53)44-39(27-55-43)45(63-29-33-12-4-2-5-13-33)57-47(56-44)65-32-50-22-11-25-60(50)28-36(51)26-50/h2-8,12-17,19-20,27,36H,9-11,18,21-26,28-32H2,1H3,(H2,54,58,61)/t36-,49-,50+/m1/s1. The lowest BCUT2D eigenvalue weighted by Crippen LogP contribution is -2.59. The fourth-order valence-electron chi connectivity index (χ4n) is 9.71. The van der Waals surface area contributed by atoms with Crippen molar-refractivity contribution in [3.8, 4) is 23.1 Å². The molecule has 3 atom stereocenters. The number of ether oxygens (including phenoxy) is 3. The molecule has 338 valence electrons. The Kier molecular flexibility index (Phi) is 12.7. The summed E-state index contributed by atoms with van der Waals surface area (Å²) in [5.41, 5.74) is 1.20. The number of aryl methyl sites for hydroxylation is 1. The van der Waals surface area contributed by atoms with Crippen LogP contribution in [0.3, 0.4) is 0 Å². The molecule has 6 aromatic rings. The number of carbonyl (C=O) groups is 2. The molecule has 0 spiro atoms. The molecule has 0 bridgehead atoms. The van der Waals surface area contributed by atoms with Gasteiger partial charge < -0.3 is 29.7 Å². The van der Waals surface area contributed by atoms with Crippen LogP contribution in [0.4, 0.5) is 22.8 Å². The predicted molar refractivity (Wildman–Crippen MR) is 240 cm³/mol. The molecule has 3 amide bonds. The minimum atomic E-state index is -0.952. The molecule has 3 fully saturated rings. The molecule has 4 aromatic carbocycles. The highest BCUT2D eigenvalue weighted by Crippen LogP contribution is 2.41. The molecule has 0 saturated carbocycles. The zero-order valence-corrected chi connectivity index (χ0v) is 36.3. The highest BCUT2D eigenvalue weighted by Gasteiger charge is 2.49. The van der Waals surface area contributed by atoms with Crippen LogP contribution in [-0.2, 0) is 24.4 Å². The quantitative estimate of drug-likeness (QED) is 0.103. The van der Waals surface area contributed by atoms with Gasteiger partial charge in [-0.05, 0) is 85.5 Å². The maximum atomic E-state index is 17.1. The first-order valence-electron chi connectivity index (χ1n) is 22.3. The van der Waals surface area contributed by atoms with E-state index in [9.17, 15) is 14.0 Å². The molecule has 0 radical (unpaired) electrons. The highest BCUT2D eigenvalue weighted by molar-refractivity contribution is 6.00. The van der Waals surface area contributed by atoms with E-state index in [1.807, 2.05) is 73.7 Å². The molecule has 3 aliphatic heterocycles. The number of nitrogens with zero attached hydrogens (tertiary/aromatic N) is 5. The molecule has 0 unspecified atom stereocenters. The van der Waals surface area contributed by atoms with E-state index in [2.05, 4.69) is 30.5 Å². The van der Waals surface area contributed by atoms with E-state index in [1.54, 1.807) is 23.1 Å². The molecule has 15 heteroatoms. The highest BCUT2D eigenvalue weighted by atomic mass is 19.1. The van der Waals surface area contributed by atoms with E-state index >= 15 is 8.78 Å². The number of aromatic nitrogens is 3. The summed E-state index contributed by atoms with van der Waals surface area (Å²) in [5.74, 6) is -1.15. The second-order valence-electron chi connectivity index (χ2n) is 17.7. The Morgan fingerprint density at radius 2 is 1.65 bits per heavy atom. The van der Waals surface area contributed by atoms with E-state index in [4.69, 9.17) is 14.2 Å². The predicted octanol–water partition coefficient (Wildman–Crippen LogP) is 9.08. The Labute approximate surface area is 375 Å². The van der Waals surface area contributed by atoms with Crippen LogP contribution in [0.2, 0.25) is 0 Å². The van der Waals surface area contributed by atoms with Gasteiger partial charge in [-0.1, -0.05) is 84.9 Å². The maximum absolute atomic E-state index is 17.1. The zero-order chi connectivity index (χ0) is 45.0. The largest absolute Gasteiger partial charge is 0.472 e. The summed E-state index contributed by atoms with van der Waals surface area (Å²) in [4.78, 5) is 43.5. The Bertz CT molecular complexity index is 2680. The number of rotatable bonds is 14. The number of nitrogens with one attached hydrogen (secondary N) is 2. The molecule has 65 heavy (non-hydrogen) atoms. The number of pyridine rings is 1. The van der Waals surface area contributed by atoms with Gasteiger partial charge in [0.2, 0.25) is 5.88 Å². The number of amides is 3. The monoisotopic (exact) mass is 887 g/mol. The SMILES string of the molecule is C[C@@]1(NC(=O)NCCCc2c(F)ccc3cccc(-c4ncc5c(OCc6ccccc6)nc(OC[C@@]67CCCN6C[C@H](F)C7)nc5c4F)c23)CCCN(C(=O)OCc2ccccc2)C1. The maximum Gasteiger partial charge on any atom is 0.410 e. The fourth-order valence-corrected chi connectivity index (χ4v) is 9.71. The Morgan fingerprint density at radius 3 is 2.45 bits per heavy atom. The zero-order valence-electron chi connectivity index (χ0n) is 36.3. The second-order valence-corrected chi connectivity index (χ2v) is 17.7. The van der Waals surface area contributed by atoms with E-state index in [-0.39, 0.29) is 61.3 Å². The average Bonchev–Trinajstić information content (AvgIpc) is 3.85. The van der Waals surface area contributed by atoms with Crippen LogP contribution in [0.5, 0.6) is 11.9 Å². The van der Waals surface area contributed by atoms with Crippen molar-refractivity contribution in [2.24, 2.45) is 0 Å². The number of hydrogen-bond acceptors (Lipinski definition) is 9. The van der Waals surface area contributed by atoms with Crippen molar-refractivity contribution in [2.75, 3.05) is 39.3 Å². The van der Waals surface area contributed by atoms with Gasteiger partial charge in [0.15, 0.2) is 5.82 Å².